The predicted molar refractivity (Wildman–Crippen MR) is 101 cm³/mol. The van der Waals surface area contributed by atoms with E-state index >= 15 is 0 Å². The Hall–Kier alpha value is -1.41. The Morgan fingerprint density at radius 1 is 1.38 bits per heavy atom. The highest BCUT2D eigenvalue weighted by molar-refractivity contribution is 7.89. The monoisotopic (exact) mass is 400 g/mol. The van der Waals surface area contributed by atoms with Crippen LogP contribution in [0.4, 0.5) is 5.95 Å². The second-order valence-corrected chi connectivity index (χ2v) is 10.3. The van der Waals surface area contributed by atoms with E-state index in [9.17, 15) is 13.2 Å². The molecule has 0 spiro atoms. The summed E-state index contributed by atoms with van der Waals surface area (Å²) in [7, 11) is -3.16. The number of piperidine rings is 1. The molecule has 2 aliphatic rings. The Morgan fingerprint density at radius 3 is 2.88 bits per heavy atom. The first-order valence-corrected chi connectivity index (χ1v) is 11.4. The molecule has 1 saturated heterocycles. The molecule has 2 fully saturated rings. The van der Waals surface area contributed by atoms with Crippen LogP contribution in [0, 0.1) is 11.8 Å². The number of nitrogens with zero attached hydrogens (tertiary/aromatic N) is 2. The second kappa shape index (κ2) is 7.68. The van der Waals surface area contributed by atoms with Crippen molar-refractivity contribution in [2.45, 2.75) is 55.8 Å². The van der Waals surface area contributed by atoms with Crippen molar-refractivity contribution >= 4 is 33.3 Å². The number of amides is 1. The number of fused-ring (bicyclic) bond motifs is 1. The van der Waals surface area contributed by atoms with Gasteiger partial charge < -0.3 is 10.6 Å². The zero-order valence-corrected chi connectivity index (χ0v) is 16.6. The minimum atomic E-state index is -3.16. The van der Waals surface area contributed by atoms with E-state index in [1.165, 1.54) is 12.5 Å². The highest BCUT2D eigenvalue weighted by Crippen LogP contribution is 2.36. The van der Waals surface area contributed by atoms with E-state index < -0.39 is 9.84 Å². The largest absolute Gasteiger partial charge is 0.353 e. The van der Waals surface area contributed by atoms with Crippen molar-refractivity contribution < 1.29 is 13.2 Å². The maximum Gasteiger partial charge on any atom is 0.225 e. The first-order valence-electron chi connectivity index (χ1n) is 8.92. The molecule has 1 saturated carbocycles. The lowest BCUT2D eigenvalue weighted by molar-refractivity contribution is -0.130. The molecule has 0 aromatic carbocycles. The van der Waals surface area contributed by atoms with Gasteiger partial charge in [0.25, 0.3) is 0 Å². The van der Waals surface area contributed by atoms with E-state index in [1.807, 2.05) is 6.92 Å². The third-order valence-electron chi connectivity index (χ3n) is 5.22. The predicted octanol–water partition coefficient (Wildman–Crippen LogP) is 1.73. The topological polar surface area (TPSA) is 101 Å². The van der Waals surface area contributed by atoms with E-state index in [2.05, 4.69) is 20.6 Å². The lowest BCUT2D eigenvalue weighted by Crippen LogP contribution is -2.55. The van der Waals surface area contributed by atoms with E-state index in [0.29, 0.717) is 17.6 Å². The molecule has 3 rings (SSSR count). The number of aromatic nitrogens is 2. The van der Waals surface area contributed by atoms with Crippen LogP contribution >= 0.6 is 11.6 Å². The summed E-state index contributed by atoms with van der Waals surface area (Å²) in [6, 6.07) is 1.65. The zero-order valence-electron chi connectivity index (χ0n) is 15.0. The van der Waals surface area contributed by atoms with Crippen LogP contribution in [0.2, 0.25) is 0 Å². The van der Waals surface area contributed by atoms with Gasteiger partial charge in [0, 0.05) is 29.9 Å². The summed E-state index contributed by atoms with van der Waals surface area (Å²) < 4.78 is 22.9. The molecule has 5 atom stereocenters. The summed E-state index contributed by atoms with van der Waals surface area (Å²) in [5.74, 6) is 0.457. The van der Waals surface area contributed by atoms with Gasteiger partial charge in [0.1, 0.15) is 0 Å². The number of hydrogen-bond acceptors (Lipinski definition) is 6. The van der Waals surface area contributed by atoms with Crippen LogP contribution in [0.3, 0.4) is 0 Å². The Kier molecular flexibility index (Phi) is 5.72. The van der Waals surface area contributed by atoms with E-state index in [4.69, 9.17) is 11.6 Å². The van der Waals surface area contributed by atoms with E-state index in [-0.39, 0.29) is 35.0 Å². The molecule has 7 nitrogen and oxygen atoms in total. The number of anilines is 1. The van der Waals surface area contributed by atoms with Crippen LogP contribution in [0.25, 0.3) is 0 Å². The normalized spacial score (nSPS) is 30.2. The van der Waals surface area contributed by atoms with Crippen LogP contribution < -0.4 is 10.6 Å². The Balaban J connectivity index is 1.66. The van der Waals surface area contributed by atoms with Gasteiger partial charge >= 0.3 is 0 Å². The van der Waals surface area contributed by atoms with Gasteiger partial charge in [-0.25, -0.2) is 18.4 Å². The number of carbonyl (C=O) groups excluding carboxylic acids is 1. The molecule has 1 aliphatic carbocycles. The fourth-order valence-corrected chi connectivity index (χ4v) is 4.98. The van der Waals surface area contributed by atoms with Crippen LogP contribution in [0.15, 0.2) is 12.3 Å². The van der Waals surface area contributed by atoms with Crippen molar-refractivity contribution in [1.82, 2.24) is 15.3 Å². The van der Waals surface area contributed by atoms with Crippen LogP contribution in [0.1, 0.15) is 38.3 Å². The standard InChI is InChI=1S/C17H25ClN4O3S/c1-10(20-17-19-6-5-13(21-17)9-26(2,24)25)14-8-11-7-12(18)3-4-15(11)22-16(14)23/h5-6,10-12,14-15H,3-4,7-9H2,1-2H3,(H,22,23)(H,19,20,21)/t10-,11?,12?,14?,15?/m0/s1. The highest BCUT2D eigenvalue weighted by atomic mass is 35.5. The molecule has 26 heavy (non-hydrogen) atoms. The summed E-state index contributed by atoms with van der Waals surface area (Å²) in [6.45, 7) is 1.93. The zero-order chi connectivity index (χ0) is 18.9. The molecule has 9 heteroatoms. The first kappa shape index (κ1) is 19.4. The average molecular weight is 401 g/mol. The van der Waals surface area contributed by atoms with Gasteiger partial charge in [0.05, 0.1) is 17.4 Å². The molecule has 144 valence electrons. The van der Waals surface area contributed by atoms with Gasteiger partial charge in [-0.1, -0.05) is 0 Å². The van der Waals surface area contributed by atoms with Gasteiger partial charge in [0.2, 0.25) is 11.9 Å². The lowest BCUT2D eigenvalue weighted by Gasteiger charge is -2.42. The molecule has 2 heterocycles. The van der Waals surface area contributed by atoms with Gasteiger partial charge in [-0.2, -0.15) is 0 Å². The minimum absolute atomic E-state index is 0.0477. The van der Waals surface area contributed by atoms with Crippen molar-refractivity contribution in [2.75, 3.05) is 11.6 Å². The number of nitrogens with one attached hydrogen (secondary N) is 2. The number of carbonyl (C=O) groups is 1. The fraction of sp³-hybridized carbons (Fsp3) is 0.706. The number of sulfone groups is 1. The summed E-state index contributed by atoms with van der Waals surface area (Å²) in [4.78, 5) is 20.9. The van der Waals surface area contributed by atoms with Gasteiger partial charge in [-0.05, 0) is 44.6 Å². The first-order chi connectivity index (χ1) is 12.2. The molecular weight excluding hydrogens is 376 g/mol. The van der Waals surface area contributed by atoms with Gasteiger partial charge in [0.15, 0.2) is 9.84 Å². The molecule has 0 radical (unpaired) electrons. The van der Waals surface area contributed by atoms with Gasteiger partial charge in [-0.15, -0.1) is 11.6 Å². The van der Waals surface area contributed by atoms with Crippen molar-refractivity contribution in [1.29, 1.82) is 0 Å². The molecule has 2 N–H and O–H groups in total. The lowest BCUT2D eigenvalue weighted by atomic mass is 9.74. The third kappa shape index (κ3) is 4.85. The maximum atomic E-state index is 12.5. The van der Waals surface area contributed by atoms with Gasteiger partial charge in [-0.3, -0.25) is 4.79 Å². The Morgan fingerprint density at radius 2 is 2.15 bits per heavy atom. The number of halogens is 1. The summed E-state index contributed by atoms with van der Waals surface area (Å²) in [5.41, 5.74) is 0.433. The maximum absolute atomic E-state index is 12.5. The third-order valence-corrected chi connectivity index (χ3v) is 6.44. The fourth-order valence-electron chi connectivity index (χ4n) is 3.93. The number of rotatable bonds is 5. The van der Waals surface area contributed by atoms with Crippen LogP contribution in [-0.2, 0) is 20.4 Å². The molecule has 0 bridgehead atoms. The SMILES string of the molecule is C[C@H](Nc1nccc(CS(C)(=O)=O)n1)C1CC2CC(Cl)CCC2NC1=O. The van der Waals surface area contributed by atoms with E-state index in [1.54, 1.807) is 6.07 Å². The summed E-state index contributed by atoms with van der Waals surface area (Å²) in [5, 5.41) is 6.49. The molecule has 1 amide bonds. The molecule has 1 aromatic rings. The molecule has 1 aromatic heterocycles. The minimum Gasteiger partial charge on any atom is -0.353 e. The molecule has 1 aliphatic heterocycles. The van der Waals surface area contributed by atoms with Crippen molar-refractivity contribution in [3.05, 3.63) is 18.0 Å². The van der Waals surface area contributed by atoms with E-state index in [0.717, 1.165) is 25.7 Å². The second-order valence-electron chi connectivity index (χ2n) is 7.50. The average Bonchev–Trinajstić information content (AvgIpc) is 2.53. The molecule has 4 unspecified atom stereocenters. The summed E-state index contributed by atoms with van der Waals surface area (Å²) in [6.07, 6.45) is 6.30. The Bertz CT molecular complexity index is 773. The summed E-state index contributed by atoms with van der Waals surface area (Å²) >= 11 is 6.30. The quantitative estimate of drug-likeness (QED) is 0.730. The Labute approximate surface area is 159 Å². The number of hydrogen-bond donors (Lipinski definition) is 2. The smallest absolute Gasteiger partial charge is 0.225 e. The highest BCUT2D eigenvalue weighted by Gasteiger charge is 2.41. The van der Waals surface area contributed by atoms with Crippen molar-refractivity contribution in [3.63, 3.8) is 0 Å². The van der Waals surface area contributed by atoms with Crippen molar-refractivity contribution in [3.8, 4) is 0 Å². The van der Waals surface area contributed by atoms with Crippen molar-refractivity contribution in [2.24, 2.45) is 11.8 Å². The number of alkyl halides is 1. The van der Waals surface area contributed by atoms with Crippen LogP contribution in [-0.4, -0.2) is 48.0 Å². The molecular formula is C17H25ClN4O3S. The van der Waals surface area contributed by atoms with Crippen LogP contribution in [0.5, 0.6) is 0 Å².